The standard InChI is InChI=1S/C17H31NO6/c1-4-13(16(20)21)7-8-15(19)18-9-6-10-24-12(3)11-14(5-2)17(22)23/h12-14H,4-11H2,1-3H3,(H,18,19)(H,20,21)(H,22,23). The van der Waals surface area contributed by atoms with Gasteiger partial charge in [0.15, 0.2) is 0 Å². The number of carbonyl (C=O) groups is 3. The summed E-state index contributed by atoms with van der Waals surface area (Å²) in [5.74, 6) is -2.67. The molecule has 0 aromatic rings. The van der Waals surface area contributed by atoms with Gasteiger partial charge in [-0.05, 0) is 39.0 Å². The Balaban J connectivity index is 3.76. The van der Waals surface area contributed by atoms with E-state index in [9.17, 15) is 14.4 Å². The van der Waals surface area contributed by atoms with Crippen molar-refractivity contribution in [3.8, 4) is 0 Å². The Labute approximate surface area is 143 Å². The van der Waals surface area contributed by atoms with Gasteiger partial charge in [-0.15, -0.1) is 0 Å². The van der Waals surface area contributed by atoms with Crippen molar-refractivity contribution in [3.63, 3.8) is 0 Å². The van der Waals surface area contributed by atoms with Crippen molar-refractivity contribution in [2.45, 2.75) is 65.4 Å². The smallest absolute Gasteiger partial charge is 0.306 e. The van der Waals surface area contributed by atoms with E-state index in [1.54, 1.807) is 6.92 Å². The van der Waals surface area contributed by atoms with Crippen molar-refractivity contribution in [1.82, 2.24) is 5.32 Å². The molecule has 0 aliphatic rings. The van der Waals surface area contributed by atoms with E-state index in [0.717, 1.165) is 0 Å². The predicted octanol–water partition coefficient (Wildman–Crippen LogP) is 2.29. The number of nitrogens with one attached hydrogen (secondary N) is 1. The van der Waals surface area contributed by atoms with Gasteiger partial charge in [-0.25, -0.2) is 0 Å². The van der Waals surface area contributed by atoms with Gasteiger partial charge in [0.25, 0.3) is 0 Å². The van der Waals surface area contributed by atoms with Crippen LogP contribution >= 0.6 is 0 Å². The first-order valence-electron chi connectivity index (χ1n) is 8.65. The third-order valence-corrected chi connectivity index (χ3v) is 4.07. The van der Waals surface area contributed by atoms with Crippen molar-refractivity contribution in [1.29, 1.82) is 0 Å². The van der Waals surface area contributed by atoms with Crippen molar-refractivity contribution in [2.24, 2.45) is 11.8 Å². The first-order valence-corrected chi connectivity index (χ1v) is 8.65. The third-order valence-electron chi connectivity index (χ3n) is 4.07. The van der Waals surface area contributed by atoms with E-state index in [1.807, 2.05) is 13.8 Å². The molecule has 0 rings (SSSR count). The molecule has 7 heteroatoms. The highest BCUT2D eigenvalue weighted by atomic mass is 16.5. The van der Waals surface area contributed by atoms with E-state index in [4.69, 9.17) is 14.9 Å². The molecule has 0 aliphatic carbocycles. The zero-order valence-electron chi connectivity index (χ0n) is 14.9. The lowest BCUT2D eigenvalue weighted by atomic mass is 10.00. The third kappa shape index (κ3) is 10.2. The van der Waals surface area contributed by atoms with Crippen LogP contribution in [0.3, 0.4) is 0 Å². The lowest BCUT2D eigenvalue weighted by Gasteiger charge is -2.17. The molecule has 3 atom stereocenters. The fraction of sp³-hybridized carbons (Fsp3) is 0.824. The van der Waals surface area contributed by atoms with Crippen LogP contribution in [0, 0.1) is 11.8 Å². The lowest BCUT2D eigenvalue weighted by molar-refractivity contribution is -0.144. The fourth-order valence-electron chi connectivity index (χ4n) is 2.39. The van der Waals surface area contributed by atoms with Crippen molar-refractivity contribution >= 4 is 17.8 Å². The van der Waals surface area contributed by atoms with Gasteiger partial charge in [0.1, 0.15) is 0 Å². The molecule has 140 valence electrons. The Morgan fingerprint density at radius 3 is 2.12 bits per heavy atom. The second kappa shape index (κ2) is 12.8. The summed E-state index contributed by atoms with van der Waals surface area (Å²) >= 11 is 0. The van der Waals surface area contributed by atoms with Crippen LogP contribution in [0.25, 0.3) is 0 Å². The first-order chi connectivity index (χ1) is 11.3. The zero-order chi connectivity index (χ0) is 18.5. The normalized spacial score (nSPS) is 14.6. The first kappa shape index (κ1) is 22.4. The minimum atomic E-state index is -0.862. The van der Waals surface area contributed by atoms with Crippen LogP contribution in [0.4, 0.5) is 0 Å². The number of aliphatic carboxylic acids is 2. The van der Waals surface area contributed by atoms with Crippen LogP contribution in [0.1, 0.15) is 59.3 Å². The predicted molar refractivity (Wildman–Crippen MR) is 89.7 cm³/mol. The Hall–Kier alpha value is -1.63. The van der Waals surface area contributed by atoms with E-state index >= 15 is 0 Å². The number of ether oxygens (including phenoxy) is 1. The molecule has 3 unspecified atom stereocenters. The summed E-state index contributed by atoms with van der Waals surface area (Å²) in [6.07, 6.45) is 2.62. The molecule has 0 bridgehead atoms. The summed E-state index contributed by atoms with van der Waals surface area (Å²) in [6, 6.07) is 0. The van der Waals surface area contributed by atoms with Crippen LogP contribution in [0.15, 0.2) is 0 Å². The number of carbonyl (C=O) groups excluding carboxylic acids is 1. The minimum Gasteiger partial charge on any atom is -0.481 e. The molecule has 0 spiro atoms. The van der Waals surface area contributed by atoms with E-state index in [-0.39, 0.29) is 24.3 Å². The summed E-state index contributed by atoms with van der Waals surface area (Å²) in [5.41, 5.74) is 0. The molecule has 3 N–H and O–H groups in total. The van der Waals surface area contributed by atoms with Gasteiger partial charge in [0.2, 0.25) is 5.91 Å². The van der Waals surface area contributed by atoms with Crippen LogP contribution in [-0.2, 0) is 19.1 Å². The summed E-state index contributed by atoms with van der Waals surface area (Å²) in [7, 11) is 0. The highest BCUT2D eigenvalue weighted by molar-refractivity contribution is 5.77. The quantitative estimate of drug-likeness (QED) is 0.416. The Morgan fingerprint density at radius 2 is 1.62 bits per heavy atom. The van der Waals surface area contributed by atoms with Crippen molar-refractivity contribution in [3.05, 3.63) is 0 Å². The Bertz CT molecular complexity index is 399. The Morgan fingerprint density at radius 1 is 1.04 bits per heavy atom. The molecule has 7 nitrogen and oxygen atoms in total. The van der Waals surface area contributed by atoms with E-state index in [1.165, 1.54) is 0 Å². The molecular formula is C17H31NO6. The molecule has 1 amide bonds. The monoisotopic (exact) mass is 345 g/mol. The number of carboxylic acid groups (broad SMARTS) is 2. The number of hydrogen-bond acceptors (Lipinski definition) is 4. The average Bonchev–Trinajstić information content (AvgIpc) is 2.52. The highest BCUT2D eigenvalue weighted by Gasteiger charge is 2.19. The van der Waals surface area contributed by atoms with E-state index in [2.05, 4.69) is 5.32 Å². The van der Waals surface area contributed by atoms with Crippen LogP contribution in [0.2, 0.25) is 0 Å². The maximum absolute atomic E-state index is 11.6. The molecule has 0 saturated carbocycles. The van der Waals surface area contributed by atoms with Crippen molar-refractivity contribution in [2.75, 3.05) is 13.2 Å². The van der Waals surface area contributed by atoms with E-state index < -0.39 is 17.9 Å². The van der Waals surface area contributed by atoms with Gasteiger partial charge in [0, 0.05) is 19.6 Å². The van der Waals surface area contributed by atoms with E-state index in [0.29, 0.717) is 45.3 Å². The highest BCUT2D eigenvalue weighted by Crippen LogP contribution is 2.13. The molecule has 0 heterocycles. The molecule has 0 aliphatic heterocycles. The topological polar surface area (TPSA) is 113 Å². The molecule has 0 fully saturated rings. The summed E-state index contributed by atoms with van der Waals surface area (Å²) in [5, 5.41) is 20.6. The number of carboxylic acids is 2. The molecule has 0 saturated heterocycles. The lowest BCUT2D eigenvalue weighted by Crippen LogP contribution is -2.27. The maximum atomic E-state index is 11.6. The summed E-state index contributed by atoms with van der Waals surface area (Å²) in [4.78, 5) is 33.4. The Kier molecular flexibility index (Phi) is 11.9. The molecule has 0 aromatic heterocycles. The number of rotatable bonds is 14. The second-order valence-electron chi connectivity index (χ2n) is 6.05. The van der Waals surface area contributed by atoms with Gasteiger partial charge < -0.3 is 20.3 Å². The summed E-state index contributed by atoms with van der Waals surface area (Å²) in [6.45, 7) is 6.40. The number of hydrogen-bond donors (Lipinski definition) is 3. The molecular weight excluding hydrogens is 314 g/mol. The average molecular weight is 345 g/mol. The zero-order valence-corrected chi connectivity index (χ0v) is 14.9. The molecule has 0 aromatic carbocycles. The van der Waals surface area contributed by atoms with Crippen LogP contribution < -0.4 is 5.32 Å². The second-order valence-corrected chi connectivity index (χ2v) is 6.05. The number of amides is 1. The van der Waals surface area contributed by atoms with Crippen LogP contribution in [-0.4, -0.2) is 47.3 Å². The van der Waals surface area contributed by atoms with Gasteiger partial charge in [-0.2, -0.15) is 0 Å². The van der Waals surface area contributed by atoms with Gasteiger partial charge in [-0.3, -0.25) is 14.4 Å². The van der Waals surface area contributed by atoms with Crippen molar-refractivity contribution < 1.29 is 29.3 Å². The molecule has 0 radical (unpaired) electrons. The summed E-state index contributed by atoms with van der Waals surface area (Å²) < 4.78 is 5.56. The maximum Gasteiger partial charge on any atom is 0.306 e. The SMILES string of the molecule is CCC(CCC(=O)NCCCOC(C)CC(CC)C(=O)O)C(=O)O. The minimum absolute atomic E-state index is 0.136. The van der Waals surface area contributed by atoms with Gasteiger partial charge in [0.05, 0.1) is 17.9 Å². The van der Waals surface area contributed by atoms with Gasteiger partial charge in [-0.1, -0.05) is 13.8 Å². The van der Waals surface area contributed by atoms with Crippen LogP contribution in [0.5, 0.6) is 0 Å². The largest absolute Gasteiger partial charge is 0.481 e. The molecule has 24 heavy (non-hydrogen) atoms. The van der Waals surface area contributed by atoms with Gasteiger partial charge >= 0.3 is 11.9 Å². The fourth-order valence-corrected chi connectivity index (χ4v) is 2.39.